The summed E-state index contributed by atoms with van der Waals surface area (Å²) in [6.07, 6.45) is 0.428. The second kappa shape index (κ2) is 16.0. The van der Waals surface area contributed by atoms with Crippen molar-refractivity contribution in [2.24, 2.45) is 10.1 Å². The molecule has 11 heteroatoms. The van der Waals surface area contributed by atoms with E-state index in [4.69, 9.17) is 41.4 Å². The molecule has 0 spiro atoms. The van der Waals surface area contributed by atoms with Crippen molar-refractivity contribution in [3.8, 4) is 11.5 Å². The van der Waals surface area contributed by atoms with Crippen molar-refractivity contribution in [1.82, 2.24) is 5.32 Å². The SMILES string of the molecule is COc1cccc([C@H]2OC(c3ccc(OCCCO)cc3)=N[C@@]2(Cc2ccccc2CN=[N+]=[N-])C(=O)NCCc2cccc(Cl)c2)c1. The van der Waals surface area contributed by atoms with Crippen molar-refractivity contribution in [2.45, 2.75) is 37.5 Å². The maximum absolute atomic E-state index is 14.6. The van der Waals surface area contributed by atoms with Gasteiger partial charge in [0.25, 0.3) is 5.91 Å². The first-order valence-electron chi connectivity index (χ1n) is 15.3. The van der Waals surface area contributed by atoms with Gasteiger partial charge in [0.1, 0.15) is 11.5 Å². The highest BCUT2D eigenvalue weighted by Gasteiger charge is 2.53. The van der Waals surface area contributed by atoms with Gasteiger partial charge in [0, 0.05) is 41.5 Å². The van der Waals surface area contributed by atoms with Gasteiger partial charge in [0.05, 0.1) is 20.3 Å². The highest BCUT2D eigenvalue weighted by molar-refractivity contribution is 6.30. The van der Waals surface area contributed by atoms with E-state index in [1.165, 1.54) is 0 Å². The molecule has 1 aliphatic heterocycles. The van der Waals surface area contributed by atoms with Gasteiger partial charge >= 0.3 is 0 Å². The van der Waals surface area contributed by atoms with Crippen LogP contribution in [0.2, 0.25) is 5.02 Å². The summed E-state index contributed by atoms with van der Waals surface area (Å²) >= 11 is 6.20. The Kier molecular flexibility index (Phi) is 11.4. The molecule has 5 rings (SSSR count). The van der Waals surface area contributed by atoms with Crippen LogP contribution in [-0.4, -0.2) is 49.3 Å². The van der Waals surface area contributed by atoms with Crippen molar-refractivity contribution in [3.05, 3.63) is 140 Å². The second-order valence-corrected chi connectivity index (χ2v) is 11.5. The molecule has 0 aromatic heterocycles. The second-order valence-electron chi connectivity index (χ2n) is 11.0. The van der Waals surface area contributed by atoms with E-state index in [-0.39, 0.29) is 25.5 Å². The number of amides is 1. The van der Waals surface area contributed by atoms with Crippen LogP contribution in [0.25, 0.3) is 10.4 Å². The van der Waals surface area contributed by atoms with Gasteiger partial charge in [-0.1, -0.05) is 65.2 Å². The number of benzene rings is 4. The molecule has 0 saturated heterocycles. The van der Waals surface area contributed by atoms with Gasteiger partial charge in [0.15, 0.2) is 11.6 Å². The Morgan fingerprint density at radius 2 is 1.83 bits per heavy atom. The first-order valence-corrected chi connectivity index (χ1v) is 15.7. The van der Waals surface area contributed by atoms with E-state index in [2.05, 4.69) is 15.3 Å². The van der Waals surface area contributed by atoms with Crippen molar-refractivity contribution in [3.63, 3.8) is 0 Å². The fourth-order valence-corrected chi connectivity index (χ4v) is 5.75. The highest BCUT2D eigenvalue weighted by Crippen LogP contribution is 2.43. The third-order valence-electron chi connectivity index (χ3n) is 7.90. The smallest absolute Gasteiger partial charge is 0.252 e. The van der Waals surface area contributed by atoms with E-state index in [0.29, 0.717) is 59.5 Å². The number of halogens is 1. The van der Waals surface area contributed by atoms with Crippen molar-refractivity contribution in [2.75, 3.05) is 26.9 Å². The first kappa shape index (κ1) is 33.3. The molecule has 10 nitrogen and oxygen atoms in total. The number of hydrogen-bond donors (Lipinski definition) is 2. The number of aliphatic hydroxyl groups is 1. The van der Waals surface area contributed by atoms with Gasteiger partial charge in [-0.25, -0.2) is 4.99 Å². The normalized spacial score (nSPS) is 16.8. The van der Waals surface area contributed by atoms with E-state index < -0.39 is 11.6 Å². The third-order valence-corrected chi connectivity index (χ3v) is 8.13. The topological polar surface area (TPSA) is 138 Å². The van der Waals surface area contributed by atoms with E-state index >= 15 is 0 Å². The number of rotatable bonds is 15. The molecule has 0 radical (unpaired) electrons. The van der Waals surface area contributed by atoms with Crippen LogP contribution in [-0.2, 0) is 28.9 Å². The van der Waals surface area contributed by atoms with E-state index in [1.807, 2.05) is 84.9 Å². The van der Waals surface area contributed by atoms with Gasteiger partial charge in [-0.3, -0.25) is 4.79 Å². The lowest BCUT2D eigenvalue weighted by molar-refractivity contribution is -0.128. The average Bonchev–Trinajstić information content (AvgIpc) is 3.49. The fourth-order valence-electron chi connectivity index (χ4n) is 5.54. The van der Waals surface area contributed by atoms with Crippen LogP contribution in [0.1, 0.15) is 40.3 Å². The highest BCUT2D eigenvalue weighted by atomic mass is 35.5. The number of carbonyl (C=O) groups excluding carboxylic acids is 1. The Labute approximate surface area is 278 Å². The lowest BCUT2D eigenvalue weighted by Gasteiger charge is -2.31. The maximum atomic E-state index is 14.6. The van der Waals surface area contributed by atoms with Crippen molar-refractivity contribution in [1.29, 1.82) is 0 Å². The summed E-state index contributed by atoms with van der Waals surface area (Å²) in [7, 11) is 1.59. The number of methoxy groups -OCH3 is 1. The molecular formula is C36H36ClN5O5. The number of nitrogens with one attached hydrogen (secondary N) is 1. The molecule has 2 N–H and O–H groups in total. The molecule has 0 unspecified atom stereocenters. The van der Waals surface area contributed by atoms with Crippen LogP contribution >= 0.6 is 11.6 Å². The molecule has 0 aliphatic carbocycles. The lowest BCUT2D eigenvalue weighted by atomic mass is 9.80. The van der Waals surface area contributed by atoms with E-state index in [1.54, 1.807) is 19.2 Å². The predicted molar refractivity (Wildman–Crippen MR) is 181 cm³/mol. The molecule has 47 heavy (non-hydrogen) atoms. The number of azide groups is 1. The Hall–Kier alpha value is -5.02. The largest absolute Gasteiger partial charge is 0.497 e. The molecule has 242 valence electrons. The zero-order valence-electron chi connectivity index (χ0n) is 26.0. The molecule has 0 bridgehead atoms. The van der Waals surface area contributed by atoms with Gasteiger partial charge < -0.3 is 24.6 Å². The standard InChI is InChI=1S/C36H36ClN5O5/c1-45-32-12-5-10-27(22-32)33-36(23-28-8-2-3-9-29(28)24-40-42-38,35(44)39-18-17-25-7-4-11-30(37)21-25)41-34(47-33)26-13-15-31(16-14-26)46-20-6-19-43/h2-5,7-16,21-22,33,43H,6,17-20,23-24H2,1H3,(H,39,44)/t33-,36-/m1/s1. The monoisotopic (exact) mass is 653 g/mol. The number of hydrogen-bond acceptors (Lipinski definition) is 7. The van der Waals surface area contributed by atoms with Gasteiger partial charge in [-0.2, -0.15) is 0 Å². The average molecular weight is 654 g/mol. The zero-order valence-corrected chi connectivity index (χ0v) is 26.8. The van der Waals surface area contributed by atoms with Crippen LogP contribution in [0, 0.1) is 0 Å². The molecule has 0 fully saturated rings. The first-order chi connectivity index (χ1) is 23.0. The zero-order chi connectivity index (χ0) is 33.1. The number of aliphatic imine (C=N–C) groups is 1. The number of ether oxygens (including phenoxy) is 3. The molecule has 1 amide bonds. The fraction of sp³-hybridized carbons (Fsp3) is 0.278. The van der Waals surface area contributed by atoms with Crippen LogP contribution in [0.5, 0.6) is 11.5 Å². The molecule has 4 aromatic rings. The van der Waals surface area contributed by atoms with Crippen LogP contribution in [0.3, 0.4) is 0 Å². The maximum Gasteiger partial charge on any atom is 0.252 e. The van der Waals surface area contributed by atoms with Crippen LogP contribution < -0.4 is 14.8 Å². The summed E-state index contributed by atoms with van der Waals surface area (Å²) in [4.78, 5) is 22.6. The minimum absolute atomic E-state index is 0.0453. The molecule has 0 saturated carbocycles. The lowest BCUT2D eigenvalue weighted by Crippen LogP contribution is -2.50. The van der Waals surface area contributed by atoms with Crippen molar-refractivity contribution < 1.29 is 24.1 Å². The molecular weight excluding hydrogens is 618 g/mol. The Morgan fingerprint density at radius 3 is 2.57 bits per heavy atom. The summed E-state index contributed by atoms with van der Waals surface area (Å²) in [6, 6.07) is 29.8. The van der Waals surface area contributed by atoms with E-state index in [9.17, 15) is 4.79 Å². The Balaban J connectivity index is 1.57. The minimum Gasteiger partial charge on any atom is -0.497 e. The Bertz CT molecular complexity index is 1760. The summed E-state index contributed by atoms with van der Waals surface area (Å²) < 4.78 is 17.9. The summed E-state index contributed by atoms with van der Waals surface area (Å²) in [5.74, 6) is 1.24. The minimum atomic E-state index is -1.45. The predicted octanol–water partition coefficient (Wildman–Crippen LogP) is 6.78. The number of carbonyl (C=O) groups is 1. The summed E-state index contributed by atoms with van der Waals surface area (Å²) in [6.45, 7) is 0.900. The summed E-state index contributed by atoms with van der Waals surface area (Å²) in [5.41, 5.74) is 11.6. The number of nitrogens with zero attached hydrogens (tertiary/aromatic N) is 4. The molecule has 2 atom stereocenters. The Morgan fingerprint density at radius 1 is 1.04 bits per heavy atom. The summed E-state index contributed by atoms with van der Waals surface area (Å²) in [5, 5.41) is 16.6. The molecule has 1 aliphatic rings. The van der Waals surface area contributed by atoms with Gasteiger partial charge in [0.2, 0.25) is 5.90 Å². The van der Waals surface area contributed by atoms with Crippen molar-refractivity contribution >= 4 is 23.4 Å². The van der Waals surface area contributed by atoms with Crippen LogP contribution in [0.15, 0.2) is 107 Å². The van der Waals surface area contributed by atoms with Gasteiger partial charge in [-0.15, -0.1) is 0 Å². The van der Waals surface area contributed by atoms with Crippen LogP contribution in [0.4, 0.5) is 0 Å². The third kappa shape index (κ3) is 8.23. The van der Waals surface area contributed by atoms with E-state index in [0.717, 1.165) is 16.7 Å². The quantitative estimate of drug-likeness (QED) is 0.0630. The molecule has 1 heterocycles. The van der Waals surface area contributed by atoms with Gasteiger partial charge in [-0.05, 0) is 82.7 Å². The molecule has 4 aromatic carbocycles. The number of aliphatic hydroxyl groups excluding tert-OH is 1.